The molecular formula is C58H100O6. The summed E-state index contributed by atoms with van der Waals surface area (Å²) in [5, 5.41) is 0. The number of carbonyl (C=O) groups excluding carboxylic acids is 3. The first-order valence-corrected chi connectivity index (χ1v) is 27.0. The van der Waals surface area contributed by atoms with Crippen molar-refractivity contribution in [1.29, 1.82) is 0 Å². The Bertz CT molecular complexity index is 1210. The van der Waals surface area contributed by atoms with Crippen LogP contribution in [0, 0.1) is 0 Å². The minimum Gasteiger partial charge on any atom is -0.462 e. The van der Waals surface area contributed by atoms with Gasteiger partial charge in [-0.25, -0.2) is 0 Å². The first-order valence-electron chi connectivity index (χ1n) is 27.0. The summed E-state index contributed by atoms with van der Waals surface area (Å²) < 4.78 is 16.8. The summed E-state index contributed by atoms with van der Waals surface area (Å²) in [7, 11) is 0. The van der Waals surface area contributed by atoms with Crippen LogP contribution in [0.3, 0.4) is 0 Å². The SMILES string of the molecule is CC\C=C/C=C\C=C/C=C\CCCCCCCC(=O)OC(COC(=O)CCCCC/C=C\CCCCCCCC)COC(=O)CCCCCCC/C=C\CCCCCCCCCCC. The van der Waals surface area contributed by atoms with Crippen LogP contribution < -0.4 is 0 Å². The van der Waals surface area contributed by atoms with Gasteiger partial charge in [-0.3, -0.25) is 14.4 Å². The lowest BCUT2D eigenvalue weighted by molar-refractivity contribution is -0.167. The number of allylic oxidation sites excluding steroid dienone is 12. The normalized spacial score (nSPS) is 12.6. The van der Waals surface area contributed by atoms with E-state index in [9.17, 15) is 14.4 Å². The van der Waals surface area contributed by atoms with Crippen molar-refractivity contribution in [2.75, 3.05) is 13.2 Å². The zero-order chi connectivity index (χ0) is 46.5. The molecule has 368 valence electrons. The largest absolute Gasteiger partial charge is 0.462 e. The Morgan fingerprint density at radius 1 is 0.328 bits per heavy atom. The molecule has 0 spiro atoms. The first-order chi connectivity index (χ1) is 31.5. The van der Waals surface area contributed by atoms with Gasteiger partial charge in [-0.15, -0.1) is 0 Å². The minimum atomic E-state index is -0.797. The van der Waals surface area contributed by atoms with Crippen LogP contribution in [-0.2, 0) is 28.6 Å². The molecule has 0 aromatic carbocycles. The second-order valence-corrected chi connectivity index (χ2v) is 17.8. The molecule has 0 bridgehead atoms. The van der Waals surface area contributed by atoms with Crippen molar-refractivity contribution in [3.63, 3.8) is 0 Å². The van der Waals surface area contributed by atoms with E-state index in [-0.39, 0.29) is 31.1 Å². The van der Waals surface area contributed by atoms with Gasteiger partial charge in [-0.2, -0.15) is 0 Å². The quantitative estimate of drug-likeness (QED) is 0.0199. The molecule has 0 saturated heterocycles. The molecule has 0 N–H and O–H groups in total. The fraction of sp³-hybridized carbons (Fsp3) is 0.741. The highest BCUT2D eigenvalue weighted by Gasteiger charge is 2.19. The zero-order valence-electron chi connectivity index (χ0n) is 42.0. The van der Waals surface area contributed by atoms with Crippen LogP contribution in [0.1, 0.15) is 258 Å². The van der Waals surface area contributed by atoms with Crippen molar-refractivity contribution < 1.29 is 28.6 Å². The van der Waals surface area contributed by atoms with Crippen molar-refractivity contribution in [3.05, 3.63) is 72.9 Å². The predicted molar refractivity (Wildman–Crippen MR) is 274 cm³/mol. The molecule has 0 aromatic rings. The minimum absolute atomic E-state index is 0.0940. The molecule has 6 heteroatoms. The third-order valence-electron chi connectivity index (χ3n) is 11.5. The maximum absolute atomic E-state index is 12.8. The van der Waals surface area contributed by atoms with E-state index in [1.807, 2.05) is 18.2 Å². The topological polar surface area (TPSA) is 78.9 Å². The molecule has 0 heterocycles. The van der Waals surface area contributed by atoms with E-state index in [1.54, 1.807) is 0 Å². The summed E-state index contributed by atoms with van der Waals surface area (Å²) in [5.41, 5.74) is 0. The van der Waals surface area contributed by atoms with E-state index in [0.717, 1.165) is 103 Å². The lowest BCUT2D eigenvalue weighted by Crippen LogP contribution is -2.30. The lowest BCUT2D eigenvalue weighted by atomic mass is 10.1. The lowest BCUT2D eigenvalue weighted by Gasteiger charge is -2.18. The predicted octanol–water partition coefficient (Wildman–Crippen LogP) is 17.8. The molecular weight excluding hydrogens is 793 g/mol. The first kappa shape index (κ1) is 60.9. The van der Waals surface area contributed by atoms with E-state index in [1.165, 1.54) is 116 Å². The van der Waals surface area contributed by atoms with Crippen LogP contribution in [-0.4, -0.2) is 37.2 Å². The highest BCUT2D eigenvalue weighted by Crippen LogP contribution is 2.14. The molecule has 0 rings (SSSR count). The molecule has 0 fully saturated rings. The van der Waals surface area contributed by atoms with E-state index < -0.39 is 6.10 Å². The van der Waals surface area contributed by atoms with Crippen LogP contribution in [0.4, 0.5) is 0 Å². The van der Waals surface area contributed by atoms with Gasteiger partial charge in [-0.05, 0) is 89.9 Å². The summed E-state index contributed by atoms with van der Waals surface area (Å²) in [5.74, 6) is -0.938. The van der Waals surface area contributed by atoms with Crippen molar-refractivity contribution in [2.24, 2.45) is 0 Å². The molecule has 0 saturated carbocycles. The van der Waals surface area contributed by atoms with Crippen LogP contribution in [0.15, 0.2) is 72.9 Å². The highest BCUT2D eigenvalue weighted by atomic mass is 16.6. The van der Waals surface area contributed by atoms with Crippen LogP contribution in [0.2, 0.25) is 0 Å². The third kappa shape index (κ3) is 49.9. The van der Waals surface area contributed by atoms with Gasteiger partial charge < -0.3 is 14.2 Å². The van der Waals surface area contributed by atoms with E-state index in [4.69, 9.17) is 14.2 Å². The molecule has 1 unspecified atom stereocenters. The van der Waals surface area contributed by atoms with Gasteiger partial charge in [0.2, 0.25) is 0 Å². The van der Waals surface area contributed by atoms with Crippen molar-refractivity contribution in [3.8, 4) is 0 Å². The van der Waals surface area contributed by atoms with Crippen LogP contribution in [0.5, 0.6) is 0 Å². The van der Waals surface area contributed by atoms with Gasteiger partial charge >= 0.3 is 17.9 Å². The molecule has 0 aliphatic carbocycles. The van der Waals surface area contributed by atoms with Gasteiger partial charge in [-0.1, -0.05) is 222 Å². The molecule has 0 aromatic heterocycles. The summed E-state index contributed by atoms with van der Waals surface area (Å²) in [6, 6.07) is 0. The number of ether oxygens (including phenoxy) is 3. The van der Waals surface area contributed by atoms with Gasteiger partial charge in [0.15, 0.2) is 6.10 Å². The molecule has 0 amide bonds. The fourth-order valence-electron chi connectivity index (χ4n) is 7.44. The summed E-state index contributed by atoms with van der Waals surface area (Å²) in [6.07, 6.45) is 66.0. The average Bonchev–Trinajstić information content (AvgIpc) is 3.29. The highest BCUT2D eigenvalue weighted by molar-refractivity contribution is 5.71. The Balaban J connectivity index is 4.43. The standard InChI is InChI=1S/C58H100O6/c1-4-7-10-13-16-19-22-25-27-28-29-31-33-36-39-42-45-48-51-57(60)63-54-55(53-62-56(59)50-47-44-41-38-35-32-24-21-18-15-12-9-6-3)64-58(61)52-49-46-43-40-37-34-30-26-23-20-17-14-11-8-5-2/h8,11,14,17,20,23,26,29-32,35,55H,4-7,9-10,12-13,15-16,18-19,21-22,24-25,27-28,33-34,36-54H2,1-3H3/b11-8-,17-14-,23-20-,30-26-,31-29-,35-32-. The number of unbranched alkanes of at least 4 members (excludes halogenated alkanes) is 28. The Morgan fingerprint density at radius 3 is 1.02 bits per heavy atom. The second-order valence-electron chi connectivity index (χ2n) is 17.8. The Hall–Kier alpha value is -3.15. The van der Waals surface area contributed by atoms with E-state index >= 15 is 0 Å². The van der Waals surface area contributed by atoms with E-state index in [2.05, 4.69) is 75.5 Å². The zero-order valence-corrected chi connectivity index (χ0v) is 42.0. The number of hydrogen-bond donors (Lipinski definition) is 0. The smallest absolute Gasteiger partial charge is 0.306 e. The Kier molecular flexibility index (Phi) is 49.9. The van der Waals surface area contributed by atoms with Gasteiger partial charge in [0.05, 0.1) is 0 Å². The number of esters is 3. The summed E-state index contributed by atoms with van der Waals surface area (Å²) in [4.78, 5) is 38.0. The van der Waals surface area contributed by atoms with E-state index in [0.29, 0.717) is 19.3 Å². The second kappa shape index (κ2) is 52.5. The van der Waals surface area contributed by atoms with Crippen LogP contribution in [0.25, 0.3) is 0 Å². The van der Waals surface area contributed by atoms with Crippen LogP contribution >= 0.6 is 0 Å². The Morgan fingerprint density at radius 2 is 0.625 bits per heavy atom. The molecule has 0 aliphatic rings. The molecule has 0 radical (unpaired) electrons. The monoisotopic (exact) mass is 893 g/mol. The molecule has 64 heavy (non-hydrogen) atoms. The average molecular weight is 893 g/mol. The maximum Gasteiger partial charge on any atom is 0.306 e. The summed E-state index contributed by atoms with van der Waals surface area (Å²) >= 11 is 0. The summed E-state index contributed by atoms with van der Waals surface area (Å²) in [6.45, 7) is 6.46. The van der Waals surface area contributed by atoms with Gasteiger partial charge in [0.25, 0.3) is 0 Å². The number of carbonyl (C=O) groups is 3. The van der Waals surface area contributed by atoms with Crippen molar-refractivity contribution in [1.82, 2.24) is 0 Å². The number of rotatable bonds is 48. The third-order valence-corrected chi connectivity index (χ3v) is 11.5. The molecule has 1 atom stereocenters. The van der Waals surface area contributed by atoms with Gasteiger partial charge in [0, 0.05) is 19.3 Å². The molecule has 6 nitrogen and oxygen atoms in total. The van der Waals surface area contributed by atoms with Gasteiger partial charge in [0.1, 0.15) is 13.2 Å². The fourth-order valence-corrected chi connectivity index (χ4v) is 7.44. The molecule has 0 aliphatic heterocycles. The van der Waals surface area contributed by atoms with Crippen molar-refractivity contribution >= 4 is 17.9 Å². The number of hydrogen-bond acceptors (Lipinski definition) is 6. The van der Waals surface area contributed by atoms with Crippen molar-refractivity contribution in [2.45, 2.75) is 264 Å². The maximum atomic E-state index is 12.8. The Labute approximate surface area is 395 Å².